The first-order valence-corrected chi connectivity index (χ1v) is 8.93. The lowest BCUT2D eigenvalue weighted by molar-refractivity contribution is -0.0964. The van der Waals surface area contributed by atoms with Crippen LogP contribution in [-0.4, -0.2) is 21.0 Å². The molecule has 1 aromatic rings. The maximum Gasteiger partial charge on any atom is 0.729 e. The predicted molar refractivity (Wildman–Crippen MR) is 71.7 cm³/mol. The lowest BCUT2D eigenvalue weighted by atomic mass is 10.2. The number of rotatable bonds is 7. The summed E-state index contributed by atoms with van der Waals surface area (Å²) in [7, 11) is -6.61. The fourth-order valence-corrected chi connectivity index (χ4v) is 4.00. The fourth-order valence-electron chi connectivity index (χ4n) is 1.46. The molecule has 0 aliphatic rings. The van der Waals surface area contributed by atoms with Crippen LogP contribution in [0.4, 0.5) is 13.2 Å². The molecule has 1 rings (SSSR count). The maximum absolute atomic E-state index is 12.5. The molecule has 0 bridgehead atoms. The summed E-state index contributed by atoms with van der Waals surface area (Å²) in [6, 6.07) is 3.62. The Bertz CT molecular complexity index is 647. The Hall–Kier alpha value is -0.710. The molecule has 0 aromatic heterocycles. The summed E-state index contributed by atoms with van der Waals surface area (Å²) in [6.07, 6.45) is 0.139. The van der Waals surface area contributed by atoms with Crippen LogP contribution >= 0.6 is 20.0 Å². The van der Waals surface area contributed by atoms with Crippen LogP contribution < -0.4 is 0 Å². The molecule has 124 valence electrons. The second-order valence-electron chi connectivity index (χ2n) is 3.65. The molecule has 0 radical (unpaired) electrons. The number of thioether (sulfide) groups is 1. The van der Waals surface area contributed by atoms with E-state index in [1.165, 1.54) is 12.1 Å². The van der Waals surface area contributed by atoms with Crippen LogP contribution in [-0.2, 0) is 34.6 Å². The van der Waals surface area contributed by atoms with Gasteiger partial charge in [0.15, 0.2) is 0 Å². The Balaban J connectivity index is 3.27. The molecule has 0 saturated heterocycles. The molecule has 0 saturated carbocycles. The van der Waals surface area contributed by atoms with E-state index in [0.717, 1.165) is 13.2 Å². The van der Waals surface area contributed by atoms with Gasteiger partial charge in [0.1, 0.15) is 4.90 Å². The lowest BCUT2D eigenvalue weighted by Crippen LogP contribution is -2.11. The van der Waals surface area contributed by atoms with Gasteiger partial charge in [0, 0.05) is 9.46 Å². The number of alkyl halides is 3. The molecule has 0 fully saturated rings. The van der Waals surface area contributed by atoms with Gasteiger partial charge in [-0.3, -0.25) is 0 Å². The highest BCUT2D eigenvalue weighted by Gasteiger charge is 2.36. The Morgan fingerprint density at radius 3 is 2.45 bits per heavy atom. The van der Waals surface area contributed by atoms with Gasteiger partial charge in [0.25, 0.3) is 0 Å². The van der Waals surface area contributed by atoms with Gasteiger partial charge in [0.05, 0.1) is 11.8 Å². The molecule has 22 heavy (non-hydrogen) atoms. The Morgan fingerprint density at radius 1 is 1.32 bits per heavy atom. The van der Waals surface area contributed by atoms with Gasteiger partial charge in [-0.05, 0) is 29.8 Å². The van der Waals surface area contributed by atoms with Gasteiger partial charge < -0.3 is 0 Å². The smallest absolute Gasteiger partial charge is 0.191 e. The first-order valence-electron chi connectivity index (χ1n) is 5.61. The molecule has 1 atom stereocenters. The second kappa shape index (κ2) is 7.71. The molecule has 0 heterocycles. The molecule has 0 N–H and O–H groups in total. The summed E-state index contributed by atoms with van der Waals surface area (Å²) < 4.78 is 84.8. The largest absolute Gasteiger partial charge is 0.729 e. The number of hydrogen-bond acceptors (Lipinski definition) is 7. The van der Waals surface area contributed by atoms with Crippen LogP contribution in [0.5, 0.6) is 0 Å². The first-order chi connectivity index (χ1) is 10.1. The van der Waals surface area contributed by atoms with Crippen molar-refractivity contribution in [2.24, 2.45) is 0 Å². The van der Waals surface area contributed by atoms with Crippen molar-refractivity contribution in [3.63, 3.8) is 0 Å². The number of halogens is 3. The second-order valence-corrected chi connectivity index (χ2v) is 7.17. The lowest BCUT2D eigenvalue weighted by Gasteiger charge is -2.13. The van der Waals surface area contributed by atoms with E-state index in [-0.39, 0.29) is 12.0 Å². The topological polar surface area (TPSA) is 78.9 Å². The van der Waals surface area contributed by atoms with Crippen molar-refractivity contribution in [1.29, 1.82) is 0 Å². The molecule has 6 nitrogen and oxygen atoms in total. The molecule has 0 aliphatic carbocycles. The van der Waals surface area contributed by atoms with Crippen molar-refractivity contribution in [2.75, 3.05) is 7.11 Å². The van der Waals surface area contributed by atoms with Gasteiger partial charge in [-0.15, -0.1) is 4.52 Å². The standard InChI is InChI=1S/C10H11F3O6PS2/c1-3-7-5-4-6-8(21-10(11,12)13)9(7)22(15,16)19-18-20(14)17-2/h4-6H,3H2,1-2H3/q+1. The van der Waals surface area contributed by atoms with Crippen molar-refractivity contribution in [2.45, 2.75) is 28.6 Å². The number of benzene rings is 1. The van der Waals surface area contributed by atoms with E-state index in [1.54, 1.807) is 6.92 Å². The predicted octanol–water partition coefficient (Wildman–Crippen LogP) is 3.80. The van der Waals surface area contributed by atoms with Crippen LogP contribution in [0.2, 0.25) is 0 Å². The Labute approximate surface area is 129 Å². The Kier molecular flexibility index (Phi) is 6.78. The zero-order valence-electron chi connectivity index (χ0n) is 11.3. The van der Waals surface area contributed by atoms with E-state index in [4.69, 9.17) is 0 Å². The van der Waals surface area contributed by atoms with Crippen LogP contribution in [0, 0.1) is 0 Å². The quantitative estimate of drug-likeness (QED) is 0.309. The van der Waals surface area contributed by atoms with Crippen molar-refractivity contribution in [3.8, 4) is 0 Å². The van der Waals surface area contributed by atoms with Gasteiger partial charge in [0.2, 0.25) is 0 Å². The van der Waals surface area contributed by atoms with Crippen LogP contribution in [0.25, 0.3) is 0 Å². The molecule has 1 aromatic carbocycles. The van der Waals surface area contributed by atoms with Crippen molar-refractivity contribution in [3.05, 3.63) is 23.8 Å². The molecule has 0 aliphatic heterocycles. The SMILES string of the molecule is CCc1cccc(SC(F)(F)F)c1S(=O)(=O)OO[P+](=O)OC. The van der Waals surface area contributed by atoms with Gasteiger partial charge in [-0.1, -0.05) is 23.4 Å². The third-order valence-corrected chi connectivity index (χ3v) is 4.99. The Morgan fingerprint density at radius 2 is 1.95 bits per heavy atom. The third-order valence-electron chi connectivity index (χ3n) is 2.25. The van der Waals surface area contributed by atoms with E-state index in [2.05, 4.69) is 13.5 Å². The molecular formula is C10H11F3O6PS2+. The zero-order chi connectivity index (χ0) is 17.0. The molecule has 0 spiro atoms. The number of hydrogen-bond donors (Lipinski definition) is 0. The van der Waals surface area contributed by atoms with Crippen LogP contribution in [0.3, 0.4) is 0 Å². The van der Waals surface area contributed by atoms with Crippen LogP contribution in [0.15, 0.2) is 28.0 Å². The third kappa shape index (κ3) is 5.49. The highest BCUT2D eigenvalue weighted by molar-refractivity contribution is 8.00. The van der Waals surface area contributed by atoms with E-state index in [1.807, 2.05) is 0 Å². The molecule has 12 heteroatoms. The summed E-state index contributed by atoms with van der Waals surface area (Å²) in [5.74, 6) is 0. The molecular weight excluding hydrogens is 368 g/mol. The van der Waals surface area contributed by atoms with Crippen LogP contribution in [0.1, 0.15) is 12.5 Å². The summed E-state index contributed by atoms with van der Waals surface area (Å²) in [6.45, 7) is 1.56. The average molecular weight is 379 g/mol. The zero-order valence-corrected chi connectivity index (χ0v) is 13.8. The monoisotopic (exact) mass is 379 g/mol. The fraction of sp³-hybridized carbons (Fsp3) is 0.400. The average Bonchev–Trinajstić information content (AvgIpc) is 2.42. The minimum absolute atomic E-state index is 0.102. The summed E-state index contributed by atoms with van der Waals surface area (Å²) in [4.78, 5) is -1.25. The van der Waals surface area contributed by atoms with Crippen molar-refractivity contribution >= 4 is 30.1 Å². The van der Waals surface area contributed by atoms with E-state index in [9.17, 15) is 26.2 Å². The van der Waals surface area contributed by atoms with Gasteiger partial charge >= 0.3 is 23.9 Å². The highest BCUT2D eigenvalue weighted by atomic mass is 32.2. The van der Waals surface area contributed by atoms with Gasteiger partial charge in [-0.25, -0.2) is 0 Å². The van der Waals surface area contributed by atoms with E-state index >= 15 is 0 Å². The normalized spacial score (nSPS) is 13.2. The minimum atomic E-state index is -4.72. The minimum Gasteiger partial charge on any atom is -0.191 e. The summed E-state index contributed by atoms with van der Waals surface area (Å²) in [5, 5.41) is 0. The summed E-state index contributed by atoms with van der Waals surface area (Å²) in [5.41, 5.74) is -4.58. The van der Waals surface area contributed by atoms with Crippen molar-refractivity contribution < 1.29 is 39.7 Å². The maximum atomic E-state index is 12.5. The van der Waals surface area contributed by atoms with Crippen molar-refractivity contribution in [1.82, 2.24) is 0 Å². The highest BCUT2D eigenvalue weighted by Crippen LogP contribution is 2.42. The summed E-state index contributed by atoms with van der Waals surface area (Å²) >= 11 is -0.595. The van der Waals surface area contributed by atoms with E-state index < -0.39 is 45.4 Å². The van der Waals surface area contributed by atoms with E-state index in [0.29, 0.717) is 0 Å². The number of aryl methyl sites for hydroxylation is 1. The molecule has 0 amide bonds. The first kappa shape index (κ1) is 19.3. The van der Waals surface area contributed by atoms with Gasteiger partial charge in [-0.2, -0.15) is 21.6 Å². The molecule has 1 unspecified atom stereocenters.